The molecule has 1 heterocycles. The van der Waals surface area contributed by atoms with Gasteiger partial charge in [0.05, 0.1) is 6.54 Å². The van der Waals surface area contributed by atoms with Gasteiger partial charge in [-0.3, -0.25) is 14.4 Å². The second-order valence-corrected chi connectivity index (χ2v) is 6.48. The largest absolute Gasteiger partial charge is 0.343 e. The molecule has 6 nitrogen and oxygen atoms in total. The van der Waals surface area contributed by atoms with E-state index in [4.69, 9.17) is 0 Å². The third-order valence-corrected chi connectivity index (χ3v) is 4.35. The van der Waals surface area contributed by atoms with Crippen molar-refractivity contribution in [1.82, 2.24) is 10.2 Å². The van der Waals surface area contributed by atoms with Crippen molar-refractivity contribution in [2.45, 2.75) is 19.4 Å². The van der Waals surface area contributed by atoms with Crippen LogP contribution in [0.4, 0.5) is 14.5 Å². The number of halogens is 2. The molecule has 0 aliphatic carbocycles. The van der Waals surface area contributed by atoms with Crippen molar-refractivity contribution in [3.63, 3.8) is 0 Å². The average molecular weight is 387 g/mol. The first-order valence-electron chi connectivity index (χ1n) is 8.82. The Balaban J connectivity index is 1.54. The number of nitrogens with zero attached hydrogens (tertiary/aromatic N) is 1. The first-order chi connectivity index (χ1) is 13.4. The summed E-state index contributed by atoms with van der Waals surface area (Å²) in [5.41, 5.74) is 1.29. The number of rotatable bonds is 6. The number of anilines is 1. The first kappa shape index (κ1) is 19.5. The Labute approximate surface area is 160 Å². The van der Waals surface area contributed by atoms with Crippen LogP contribution in [-0.4, -0.2) is 35.7 Å². The van der Waals surface area contributed by atoms with Gasteiger partial charge in [-0.1, -0.05) is 12.1 Å². The van der Waals surface area contributed by atoms with Crippen LogP contribution < -0.4 is 10.6 Å². The van der Waals surface area contributed by atoms with E-state index in [0.29, 0.717) is 25.1 Å². The van der Waals surface area contributed by atoms with Crippen LogP contribution in [0.5, 0.6) is 0 Å². The lowest BCUT2D eigenvalue weighted by Gasteiger charge is -2.16. The molecule has 0 radical (unpaired) electrons. The van der Waals surface area contributed by atoms with E-state index in [2.05, 4.69) is 10.6 Å². The van der Waals surface area contributed by atoms with Crippen LogP contribution in [0.2, 0.25) is 0 Å². The fourth-order valence-electron chi connectivity index (χ4n) is 2.94. The quantitative estimate of drug-likeness (QED) is 0.799. The van der Waals surface area contributed by atoms with Crippen LogP contribution in [0.25, 0.3) is 0 Å². The molecule has 28 heavy (non-hydrogen) atoms. The summed E-state index contributed by atoms with van der Waals surface area (Å²) >= 11 is 0. The van der Waals surface area contributed by atoms with Gasteiger partial charge < -0.3 is 15.5 Å². The Morgan fingerprint density at radius 1 is 1.07 bits per heavy atom. The molecule has 0 spiro atoms. The molecule has 1 fully saturated rings. The predicted molar refractivity (Wildman–Crippen MR) is 98.4 cm³/mol. The molecule has 1 aliphatic heterocycles. The number of likely N-dealkylation sites (tertiary alicyclic amines) is 1. The van der Waals surface area contributed by atoms with Crippen molar-refractivity contribution in [2.24, 2.45) is 0 Å². The summed E-state index contributed by atoms with van der Waals surface area (Å²) in [6.45, 7) is 0.822. The van der Waals surface area contributed by atoms with E-state index in [-0.39, 0.29) is 18.1 Å². The molecule has 0 saturated carbocycles. The van der Waals surface area contributed by atoms with E-state index in [1.807, 2.05) is 6.07 Å². The summed E-state index contributed by atoms with van der Waals surface area (Å²) in [5.74, 6) is -3.01. The molecule has 2 N–H and O–H groups in total. The Kier molecular flexibility index (Phi) is 5.98. The molecule has 1 saturated heterocycles. The zero-order valence-electron chi connectivity index (χ0n) is 15.0. The second kappa shape index (κ2) is 8.60. The molecule has 3 rings (SSSR count). The summed E-state index contributed by atoms with van der Waals surface area (Å²) in [7, 11) is 0. The number of hydrogen-bond donors (Lipinski definition) is 2. The van der Waals surface area contributed by atoms with Gasteiger partial charge in [0.15, 0.2) is 11.6 Å². The van der Waals surface area contributed by atoms with Gasteiger partial charge in [0.2, 0.25) is 11.8 Å². The van der Waals surface area contributed by atoms with E-state index >= 15 is 0 Å². The highest BCUT2D eigenvalue weighted by atomic mass is 19.2. The van der Waals surface area contributed by atoms with Crippen LogP contribution >= 0.6 is 0 Å². The maximum absolute atomic E-state index is 13.2. The summed E-state index contributed by atoms with van der Waals surface area (Å²) in [6.07, 6.45) is 1.39. The molecule has 1 aliphatic rings. The number of nitrogens with one attached hydrogen (secondary N) is 2. The average Bonchev–Trinajstić information content (AvgIpc) is 3.07. The minimum absolute atomic E-state index is 0.0930. The van der Waals surface area contributed by atoms with Crippen LogP contribution in [0.3, 0.4) is 0 Å². The number of carbonyl (C=O) groups is 3. The highest BCUT2D eigenvalue weighted by Gasteiger charge is 2.20. The molecule has 0 bridgehead atoms. The van der Waals surface area contributed by atoms with Crippen molar-refractivity contribution >= 4 is 23.4 Å². The maximum atomic E-state index is 13.2. The lowest BCUT2D eigenvalue weighted by molar-refractivity contribution is -0.128. The Hall–Kier alpha value is -3.29. The molecule has 2 aromatic carbocycles. The molecule has 0 unspecified atom stereocenters. The first-order valence-corrected chi connectivity index (χ1v) is 8.82. The maximum Gasteiger partial charge on any atom is 0.251 e. The van der Waals surface area contributed by atoms with E-state index in [1.54, 1.807) is 23.1 Å². The molecular weight excluding hydrogens is 368 g/mol. The van der Waals surface area contributed by atoms with E-state index < -0.39 is 23.4 Å². The molecular formula is C20H19F2N3O3. The van der Waals surface area contributed by atoms with Crippen molar-refractivity contribution in [2.75, 3.05) is 18.4 Å². The summed E-state index contributed by atoms with van der Waals surface area (Å²) in [6, 6.07) is 9.82. The predicted octanol–water partition coefficient (Wildman–Crippen LogP) is 2.46. The van der Waals surface area contributed by atoms with Gasteiger partial charge in [-0.15, -0.1) is 0 Å². The van der Waals surface area contributed by atoms with Gasteiger partial charge in [-0.25, -0.2) is 8.78 Å². The van der Waals surface area contributed by atoms with Gasteiger partial charge in [0, 0.05) is 36.8 Å². The molecule has 3 amide bonds. The van der Waals surface area contributed by atoms with Gasteiger partial charge in [0.25, 0.3) is 5.91 Å². The van der Waals surface area contributed by atoms with Crippen LogP contribution in [-0.2, 0) is 16.1 Å². The fraction of sp³-hybridized carbons (Fsp3) is 0.250. The summed E-state index contributed by atoms with van der Waals surface area (Å²) in [4.78, 5) is 37.6. The third kappa shape index (κ3) is 4.91. The second-order valence-electron chi connectivity index (χ2n) is 6.48. The van der Waals surface area contributed by atoms with E-state index in [1.165, 1.54) is 6.07 Å². The fourth-order valence-corrected chi connectivity index (χ4v) is 2.94. The minimum atomic E-state index is -1.07. The molecule has 8 heteroatoms. The van der Waals surface area contributed by atoms with Crippen molar-refractivity contribution in [3.8, 4) is 0 Å². The topological polar surface area (TPSA) is 78.5 Å². The molecule has 2 aromatic rings. The van der Waals surface area contributed by atoms with Gasteiger partial charge in [-0.2, -0.15) is 0 Å². The number of amides is 3. The third-order valence-electron chi connectivity index (χ3n) is 4.35. The van der Waals surface area contributed by atoms with E-state index in [0.717, 1.165) is 24.1 Å². The van der Waals surface area contributed by atoms with Crippen LogP contribution in [0.1, 0.15) is 28.8 Å². The monoisotopic (exact) mass is 387 g/mol. The zero-order chi connectivity index (χ0) is 20.1. The lowest BCUT2D eigenvalue weighted by atomic mass is 10.1. The van der Waals surface area contributed by atoms with Crippen LogP contribution in [0, 0.1) is 11.6 Å². The Bertz CT molecular complexity index is 917. The van der Waals surface area contributed by atoms with Crippen molar-refractivity contribution in [1.29, 1.82) is 0 Å². The highest BCUT2D eigenvalue weighted by Crippen LogP contribution is 2.15. The van der Waals surface area contributed by atoms with Gasteiger partial charge >= 0.3 is 0 Å². The highest BCUT2D eigenvalue weighted by molar-refractivity contribution is 5.99. The van der Waals surface area contributed by atoms with Crippen molar-refractivity contribution < 1.29 is 23.2 Å². The zero-order valence-corrected chi connectivity index (χ0v) is 15.0. The molecule has 0 aromatic heterocycles. The smallest absolute Gasteiger partial charge is 0.251 e. The standard InChI is InChI=1S/C20H19F2N3O3/c21-16-7-6-15(10-17(16)22)24-18(26)11-23-20(28)14-4-1-3-13(9-14)12-25-8-2-5-19(25)27/h1,3-4,6-7,9-10H,2,5,8,11-12H2,(H,23,28)(H,24,26). The lowest BCUT2D eigenvalue weighted by Crippen LogP contribution is -2.33. The van der Waals surface area contributed by atoms with Crippen molar-refractivity contribution in [3.05, 3.63) is 65.2 Å². The summed E-state index contributed by atoms with van der Waals surface area (Å²) < 4.78 is 26.0. The van der Waals surface area contributed by atoms with Gasteiger partial charge in [-0.05, 0) is 36.2 Å². The summed E-state index contributed by atoms with van der Waals surface area (Å²) in [5, 5.41) is 4.85. The Morgan fingerprint density at radius 2 is 1.89 bits per heavy atom. The number of carbonyl (C=O) groups excluding carboxylic acids is 3. The van der Waals surface area contributed by atoms with Gasteiger partial charge in [0.1, 0.15) is 0 Å². The number of benzene rings is 2. The SMILES string of the molecule is O=C(CNC(=O)c1cccc(CN2CCCC2=O)c1)Nc1ccc(F)c(F)c1. The molecule has 0 atom stereocenters. The minimum Gasteiger partial charge on any atom is -0.343 e. The normalized spacial score (nSPS) is 13.5. The molecule has 146 valence electrons. The number of hydrogen-bond acceptors (Lipinski definition) is 3. The Morgan fingerprint density at radius 3 is 2.61 bits per heavy atom. The van der Waals surface area contributed by atoms with Crippen LogP contribution in [0.15, 0.2) is 42.5 Å². The van der Waals surface area contributed by atoms with E-state index in [9.17, 15) is 23.2 Å².